The molecule has 1 saturated carbocycles. The normalized spacial score (nSPS) is 20.1. The van der Waals surface area contributed by atoms with Gasteiger partial charge < -0.3 is 10.6 Å². The lowest BCUT2D eigenvalue weighted by molar-refractivity contribution is -0.127. The first-order chi connectivity index (χ1) is 14.2. The monoisotopic (exact) mass is 417 g/mol. The molecule has 2 aliphatic rings. The summed E-state index contributed by atoms with van der Waals surface area (Å²) in [7, 11) is 0. The van der Waals surface area contributed by atoms with Crippen molar-refractivity contribution in [3.05, 3.63) is 35.6 Å². The van der Waals surface area contributed by atoms with Crippen molar-refractivity contribution >= 4 is 11.8 Å². The zero-order valence-corrected chi connectivity index (χ0v) is 18.6. The van der Waals surface area contributed by atoms with Crippen molar-refractivity contribution in [3.63, 3.8) is 0 Å². The molecule has 30 heavy (non-hydrogen) atoms. The number of amides is 2. The van der Waals surface area contributed by atoms with E-state index in [0.29, 0.717) is 19.0 Å². The number of halogens is 1. The van der Waals surface area contributed by atoms with E-state index in [1.807, 2.05) is 20.8 Å². The summed E-state index contributed by atoms with van der Waals surface area (Å²) in [4.78, 5) is 27.5. The second kappa shape index (κ2) is 9.46. The lowest BCUT2D eigenvalue weighted by Crippen LogP contribution is -2.49. The highest BCUT2D eigenvalue weighted by molar-refractivity contribution is 5.88. The highest BCUT2D eigenvalue weighted by atomic mass is 19.1. The molecule has 1 aromatic carbocycles. The fourth-order valence-corrected chi connectivity index (χ4v) is 4.81. The zero-order valence-electron chi connectivity index (χ0n) is 18.6. The smallest absolute Gasteiger partial charge is 0.234 e. The molecule has 166 valence electrons. The molecule has 0 spiro atoms. The molecule has 6 heteroatoms. The minimum atomic E-state index is -0.514. The van der Waals surface area contributed by atoms with Crippen LogP contribution in [0.1, 0.15) is 64.9 Å². The molecule has 3 rings (SSSR count). The molecule has 0 atom stereocenters. The van der Waals surface area contributed by atoms with Crippen molar-refractivity contribution in [2.24, 2.45) is 5.92 Å². The molecule has 1 heterocycles. The number of rotatable bonds is 6. The molecule has 1 aliphatic carbocycles. The molecule has 0 unspecified atom stereocenters. The van der Waals surface area contributed by atoms with Gasteiger partial charge in [-0.25, -0.2) is 4.39 Å². The van der Waals surface area contributed by atoms with Gasteiger partial charge in [-0.05, 0) is 83.2 Å². The van der Waals surface area contributed by atoms with Crippen molar-refractivity contribution in [1.29, 1.82) is 0 Å². The summed E-state index contributed by atoms with van der Waals surface area (Å²) in [5.74, 6) is 0.313. The maximum Gasteiger partial charge on any atom is 0.234 e. The maximum atomic E-state index is 13.4. The number of nitrogens with one attached hydrogen (secondary N) is 2. The number of benzene rings is 1. The van der Waals surface area contributed by atoms with E-state index in [9.17, 15) is 14.0 Å². The van der Waals surface area contributed by atoms with Gasteiger partial charge in [0.1, 0.15) is 5.82 Å². The fraction of sp³-hybridized carbons (Fsp3) is 0.667. The van der Waals surface area contributed by atoms with Crippen molar-refractivity contribution < 1.29 is 14.0 Å². The molecule has 0 bridgehead atoms. The molecule has 1 aromatic rings. The van der Waals surface area contributed by atoms with E-state index in [1.54, 1.807) is 12.1 Å². The van der Waals surface area contributed by atoms with Crippen molar-refractivity contribution in [2.75, 3.05) is 26.2 Å². The van der Waals surface area contributed by atoms with Gasteiger partial charge in [0.25, 0.3) is 0 Å². The largest absolute Gasteiger partial charge is 0.355 e. The Morgan fingerprint density at radius 3 is 2.27 bits per heavy atom. The standard InChI is InChI=1S/C24H36FN3O2/c1-23(2,3)27-21(29)17-28-14-10-18(11-15-28)16-26-22(30)24(12-4-5-13-24)19-6-8-20(25)9-7-19/h6-9,18H,4-5,10-17H2,1-3H3,(H,26,30)(H,27,29). The van der Waals surface area contributed by atoms with Crippen LogP contribution in [0.25, 0.3) is 0 Å². The first-order valence-corrected chi connectivity index (χ1v) is 11.3. The molecule has 0 aromatic heterocycles. The van der Waals surface area contributed by atoms with Crippen LogP contribution in [0.4, 0.5) is 4.39 Å². The van der Waals surface area contributed by atoms with E-state index in [-0.39, 0.29) is 23.2 Å². The van der Waals surface area contributed by atoms with Crippen LogP contribution in [0.2, 0.25) is 0 Å². The molecule has 2 fully saturated rings. The molecule has 2 amide bonds. The summed E-state index contributed by atoms with van der Waals surface area (Å²) in [6.07, 6.45) is 5.66. The van der Waals surface area contributed by atoms with Crippen LogP contribution in [-0.4, -0.2) is 48.4 Å². The number of nitrogens with zero attached hydrogens (tertiary/aromatic N) is 1. The third-order valence-electron chi connectivity index (χ3n) is 6.43. The quantitative estimate of drug-likeness (QED) is 0.746. The molecular weight excluding hydrogens is 381 g/mol. The first kappa shape index (κ1) is 22.7. The highest BCUT2D eigenvalue weighted by Crippen LogP contribution is 2.41. The Balaban J connectivity index is 1.48. The SMILES string of the molecule is CC(C)(C)NC(=O)CN1CCC(CNC(=O)C2(c3ccc(F)cc3)CCCC2)CC1. The number of piperidine rings is 1. The van der Waals surface area contributed by atoms with Crippen molar-refractivity contribution in [3.8, 4) is 0 Å². The van der Waals surface area contributed by atoms with E-state index in [1.165, 1.54) is 12.1 Å². The molecule has 5 nitrogen and oxygen atoms in total. The highest BCUT2D eigenvalue weighted by Gasteiger charge is 2.42. The Labute approximate surface area is 179 Å². The lowest BCUT2D eigenvalue weighted by Gasteiger charge is -2.34. The maximum absolute atomic E-state index is 13.4. The molecule has 1 aliphatic heterocycles. The minimum absolute atomic E-state index is 0.0664. The van der Waals surface area contributed by atoms with Gasteiger partial charge in [0, 0.05) is 12.1 Å². The van der Waals surface area contributed by atoms with Gasteiger partial charge in [0.15, 0.2) is 0 Å². The van der Waals surface area contributed by atoms with Crippen LogP contribution in [-0.2, 0) is 15.0 Å². The van der Waals surface area contributed by atoms with Crippen LogP contribution < -0.4 is 10.6 Å². The van der Waals surface area contributed by atoms with Crippen molar-refractivity contribution in [1.82, 2.24) is 15.5 Å². The van der Waals surface area contributed by atoms with E-state index < -0.39 is 5.41 Å². The van der Waals surface area contributed by atoms with Gasteiger partial charge in [-0.2, -0.15) is 0 Å². The van der Waals surface area contributed by atoms with Gasteiger partial charge >= 0.3 is 0 Å². The molecule has 2 N–H and O–H groups in total. The average Bonchev–Trinajstić information content (AvgIpc) is 3.17. The number of carbonyl (C=O) groups excluding carboxylic acids is 2. The summed E-state index contributed by atoms with van der Waals surface area (Å²) in [5.41, 5.74) is 0.207. The molecular formula is C24H36FN3O2. The minimum Gasteiger partial charge on any atom is -0.355 e. The van der Waals surface area contributed by atoms with Gasteiger partial charge in [0.05, 0.1) is 12.0 Å². The summed E-state index contributed by atoms with van der Waals surface area (Å²) in [6, 6.07) is 6.44. The van der Waals surface area contributed by atoms with Crippen LogP contribution >= 0.6 is 0 Å². The van der Waals surface area contributed by atoms with Gasteiger partial charge in [0.2, 0.25) is 11.8 Å². The van der Waals surface area contributed by atoms with Crippen LogP contribution in [0.3, 0.4) is 0 Å². The predicted octanol–water partition coefficient (Wildman–Crippen LogP) is 3.38. The number of hydrogen-bond donors (Lipinski definition) is 2. The zero-order chi connectivity index (χ0) is 21.8. The van der Waals surface area contributed by atoms with E-state index in [2.05, 4.69) is 15.5 Å². The average molecular weight is 418 g/mol. The van der Waals surface area contributed by atoms with Crippen molar-refractivity contribution in [2.45, 2.75) is 70.3 Å². The number of likely N-dealkylation sites (tertiary alicyclic amines) is 1. The number of carbonyl (C=O) groups is 2. The Morgan fingerprint density at radius 1 is 1.10 bits per heavy atom. The Morgan fingerprint density at radius 2 is 1.70 bits per heavy atom. The molecule has 0 radical (unpaired) electrons. The number of hydrogen-bond acceptors (Lipinski definition) is 3. The van der Waals surface area contributed by atoms with Crippen LogP contribution in [0, 0.1) is 11.7 Å². The second-order valence-corrected chi connectivity index (χ2v) is 10.0. The Hall–Kier alpha value is -1.95. The molecule has 1 saturated heterocycles. The third kappa shape index (κ3) is 5.81. The fourth-order valence-electron chi connectivity index (χ4n) is 4.81. The van der Waals surface area contributed by atoms with Gasteiger partial charge in [-0.15, -0.1) is 0 Å². The lowest BCUT2D eigenvalue weighted by atomic mass is 9.78. The van der Waals surface area contributed by atoms with E-state index in [0.717, 1.165) is 57.2 Å². The van der Waals surface area contributed by atoms with Crippen LogP contribution in [0.15, 0.2) is 24.3 Å². The first-order valence-electron chi connectivity index (χ1n) is 11.3. The Bertz CT molecular complexity index is 728. The summed E-state index contributed by atoms with van der Waals surface area (Å²) in [6.45, 7) is 8.82. The summed E-state index contributed by atoms with van der Waals surface area (Å²) < 4.78 is 13.4. The second-order valence-electron chi connectivity index (χ2n) is 10.0. The predicted molar refractivity (Wildman–Crippen MR) is 117 cm³/mol. The topological polar surface area (TPSA) is 61.4 Å². The summed E-state index contributed by atoms with van der Waals surface area (Å²) >= 11 is 0. The van der Waals surface area contributed by atoms with Crippen LogP contribution in [0.5, 0.6) is 0 Å². The summed E-state index contributed by atoms with van der Waals surface area (Å²) in [5, 5.41) is 6.22. The third-order valence-corrected chi connectivity index (χ3v) is 6.43. The van der Waals surface area contributed by atoms with Gasteiger partial charge in [-0.1, -0.05) is 25.0 Å². The Kier molecular flexibility index (Phi) is 7.17. The van der Waals surface area contributed by atoms with Gasteiger partial charge in [-0.3, -0.25) is 14.5 Å². The van der Waals surface area contributed by atoms with E-state index >= 15 is 0 Å². The van der Waals surface area contributed by atoms with E-state index in [4.69, 9.17) is 0 Å².